The van der Waals surface area contributed by atoms with Crippen molar-refractivity contribution in [3.05, 3.63) is 12.2 Å². The van der Waals surface area contributed by atoms with Gasteiger partial charge in [-0.2, -0.15) is 0 Å². The maximum atomic E-state index is 11.2. The minimum Gasteiger partial charge on any atom is -0.436 e. The van der Waals surface area contributed by atoms with Crippen LogP contribution in [0.15, 0.2) is 12.2 Å². The molecule has 0 saturated carbocycles. The highest BCUT2D eigenvalue weighted by molar-refractivity contribution is 5.87. The number of hydrogen-bond donors (Lipinski definition) is 1. The van der Waals surface area contributed by atoms with Crippen molar-refractivity contribution >= 4 is 12.0 Å². The zero-order chi connectivity index (χ0) is 10.7. The fourth-order valence-corrected chi connectivity index (χ4v) is 1.13. The molecule has 0 bridgehead atoms. The summed E-state index contributed by atoms with van der Waals surface area (Å²) in [5, 5.41) is 2.54. The maximum absolute atomic E-state index is 11.2. The maximum Gasteiger partial charge on any atom is 0.335 e. The molecule has 1 unspecified atom stereocenters. The molecule has 1 aliphatic heterocycles. The monoisotopic (exact) mass is 198 g/mol. The molecule has 2 amide bonds. The largest absolute Gasteiger partial charge is 0.436 e. The average molecular weight is 198 g/mol. The number of urea groups is 1. The molecule has 1 N–H and O–H groups in total. The van der Waals surface area contributed by atoms with Crippen LogP contribution >= 0.6 is 0 Å². The first-order valence-corrected chi connectivity index (χ1v) is 4.46. The van der Waals surface area contributed by atoms with Gasteiger partial charge in [0.2, 0.25) is 0 Å². The van der Waals surface area contributed by atoms with Crippen molar-refractivity contribution in [1.82, 2.24) is 10.2 Å². The standard InChI is InChI=1S/C9H14N2O3/c1-4-11-5-7(10-9(11)13)14-8(12)6(2)3/h7H,2,4-5H2,1,3H3,(H,10,13). The molecule has 0 radical (unpaired) electrons. The Morgan fingerprint density at radius 3 is 2.86 bits per heavy atom. The van der Waals surface area contributed by atoms with Gasteiger partial charge >= 0.3 is 12.0 Å². The van der Waals surface area contributed by atoms with Gasteiger partial charge in [0.1, 0.15) is 0 Å². The fourth-order valence-electron chi connectivity index (χ4n) is 1.13. The Labute approximate surface area is 82.7 Å². The number of likely N-dealkylation sites (N-methyl/N-ethyl adjacent to an activating group) is 1. The van der Waals surface area contributed by atoms with E-state index in [2.05, 4.69) is 11.9 Å². The number of nitrogens with zero attached hydrogens (tertiary/aromatic N) is 1. The lowest BCUT2D eigenvalue weighted by Gasteiger charge is -2.11. The van der Waals surface area contributed by atoms with Crippen LogP contribution in [0, 0.1) is 0 Å². The summed E-state index contributed by atoms with van der Waals surface area (Å²) in [6, 6.07) is -0.202. The van der Waals surface area contributed by atoms with E-state index < -0.39 is 12.2 Å². The van der Waals surface area contributed by atoms with E-state index in [0.29, 0.717) is 18.7 Å². The van der Waals surface area contributed by atoms with Gasteiger partial charge in [0.15, 0.2) is 6.23 Å². The first kappa shape index (κ1) is 10.6. The molecule has 0 aromatic heterocycles. The van der Waals surface area contributed by atoms with Gasteiger partial charge in [0.05, 0.1) is 6.54 Å². The molecular formula is C9H14N2O3. The topological polar surface area (TPSA) is 58.6 Å². The van der Waals surface area contributed by atoms with Crippen molar-refractivity contribution in [2.75, 3.05) is 13.1 Å². The van der Waals surface area contributed by atoms with Gasteiger partial charge in [-0.05, 0) is 13.8 Å². The van der Waals surface area contributed by atoms with Crippen molar-refractivity contribution in [3.8, 4) is 0 Å². The second kappa shape index (κ2) is 4.13. The molecule has 1 heterocycles. The zero-order valence-electron chi connectivity index (χ0n) is 8.37. The Balaban J connectivity index is 2.46. The van der Waals surface area contributed by atoms with Crippen molar-refractivity contribution in [1.29, 1.82) is 0 Å². The third-order valence-corrected chi connectivity index (χ3v) is 1.94. The van der Waals surface area contributed by atoms with E-state index in [1.807, 2.05) is 6.92 Å². The first-order valence-electron chi connectivity index (χ1n) is 4.46. The molecule has 1 fully saturated rings. The van der Waals surface area contributed by atoms with Crippen LogP contribution in [0.3, 0.4) is 0 Å². The van der Waals surface area contributed by atoms with E-state index in [9.17, 15) is 9.59 Å². The van der Waals surface area contributed by atoms with Crippen LogP contribution in [0.25, 0.3) is 0 Å². The Hall–Kier alpha value is -1.52. The molecule has 5 nitrogen and oxygen atoms in total. The van der Waals surface area contributed by atoms with E-state index in [1.54, 1.807) is 11.8 Å². The SMILES string of the molecule is C=C(C)C(=O)OC1CN(CC)C(=O)N1. The molecule has 0 spiro atoms. The van der Waals surface area contributed by atoms with Crippen molar-refractivity contribution in [2.24, 2.45) is 0 Å². The van der Waals surface area contributed by atoms with E-state index in [4.69, 9.17) is 4.74 Å². The van der Waals surface area contributed by atoms with Crippen molar-refractivity contribution in [2.45, 2.75) is 20.1 Å². The fraction of sp³-hybridized carbons (Fsp3) is 0.556. The van der Waals surface area contributed by atoms with Gasteiger partial charge in [-0.1, -0.05) is 6.58 Å². The van der Waals surface area contributed by atoms with E-state index in [-0.39, 0.29) is 6.03 Å². The quantitative estimate of drug-likeness (QED) is 0.530. The molecule has 1 rings (SSSR count). The molecule has 0 aromatic rings. The Morgan fingerprint density at radius 2 is 2.43 bits per heavy atom. The van der Waals surface area contributed by atoms with Gasteiger partial charge in [-0.15, -0.1) is 0 Å². The van der Waals surface area contributed by atoms with Crippen LogP contribution < -0.4 is 5.32 Å². The Bertz CT molecular complexity index is 275. The molecule has 0 aromatic carbocycles. The summed E-state index contributed by atoms with van der Waals surface area (Å²) in [5.41, 5.74) is 0.328. The average Bonchev–Trinajstić information content (AvgIpc) is 2.45. The van der Waals surface area contributed by atoms with Gasteiger partial charge in [0, 0.05) is 12.1 Å². The molecule has 78 valence electrons. The highest BCUT2D eigenvalue weighted by Crippen LogP contribution is 2.06. The van der Waals surface area contributed by atoms with Crippen LogP contribution in [-0.4, -0.2) is 36.2 Å². The highest BCUT2D eigenvalue weighted by Gasteiger charge is 2.29. The van der Waals surface area contributed by atoms with Crippen LogP contribution in [0.4, 0.5) is 4.79 Å². The molecule has 14 heavy (non-hydrogen) atoms. The first-order chi connectivity index (χ1) is 6.54. The second-order valence-corrected chi connectivity index (χ2v) is 3.16. The normalized spacial score (nSPS) is 20.6. The van der Waals surface area contributed by atoms with E-state index in [0.717, 1.165) is 0 Å². The number of carbonyl (C=O) groups is 2. The second-order valence-electron chi connectivity index (χ2n) is 3.16. The summed E-state index contributed by atoms with van der Waals surface area (Å²) < 4.78 is 4.96. The lowest BCUT2D eigenvalue weighted by molar-refractivity contribution is -0.144. The minimum absolute atomic E-state index is 0.202. The highest BCUT2D eigenvalue weighted by atomic mass is 16.6. The number of esters is 1. The lowest BCUT2D eigenvalue weighted by Crippen LogP contribution is -2.31. The Kier molecular flexibility index (Phi) is 3.11. The number of carbonyl (C=O) groups excluding carboxylic acids is 2. The summed E-state index contributed by atoms with van der Waals surface area (Å²) in [4.78, 5) is 23.8. The van der Waals surface area contributed by atoms with Crippen LogP contribution in [0.2, 0.25) is 0 Å². The van der Waals surface area contributed by atoms with Gasteiger partial charge < -0.3 is 15.0 Å². The molecule has 1 saturated heterocycles. The van der Waals surface area contributed by atoms with Crippen LogP contribution in [0.1, 0.15) is 13.8 Å². The smallest absolute Gasteiger partial charge is 0.335 e. The number of ether oxygens (including phenoxy) is 1. The van der Waals surface area contributed by atoms with Crippen molar-refractivity contribution < 1.29 is 14.3 Å². The number of rotatable bonds is 3. The third kappa shape index (κ3) is 2.25. The minimum atomic E-state index is -0.549. The summed E-state index contributed by atoms with van der Waals surface area (Å²) in [7, 11) is 0. The van der Waals surface area contributed by atoms with E-state index >= 15 is 0 Å². The number of amides is 2. The summed E-state index contributed by atoms with van der Waals surface area (Å²) in [6.45, 7) is 7.89. The zero-order valence-corrected chi connectivity index (χ0v) is 8.37. The van der Waals surface area contributed by atoms with E-state index in [1.165, 1.54) is 0 Å². The predicted molar refractivity (Wildman–Crippen MR) is 50.5 cm³/mol. The van der Waals surface area contributed by atoms with Crippen LogP contribution in [0.5, 0.6) is 0 Å². The van der Waals surface area contributed by atoms with Gasteiger partial charge in [-0.25, -0.2) is 9.59 Å². The van der Waals surface area contributed by atoms with Gasteiger partial charge in [-0.3, -0.25) is 0 Å². The van der Waals surface area contributed by atoms with Crippen LogP contribution in [-0.2, 0) is 9.53 Å². The molecule has 1 aliphatic rings. The van der Waals surface area contributed by atoms with Gasteiger partial charge in [0.25, 0.3) is 0 Å². The third-order valence-electron chi connectivity index (χ3n) is 1.94. The summed E-state index contributed by atoms with van der Waals surface area (Å²) in [6.07, 6.45) is -0.549. The lowest BCUT2D eigenvalue weighted by atomic mass is 10.4. The summed E-state index contributed by atoms with van der Waals surface area (Å²) in [5.74, 6) is -0.478. The molecule has 0 aliphatic carbocycles. The Morgan fingerprint density at radius 1 is 1.79 bits per heavy atom. The van der Waals surface area contributed by atoms with Crippen molar-refractivity contribution in [3.63, 3.8) is 0 Å². The molecule has 1 atom stereocenters. The molecular weight excluding hydrogens is 184 g/mol. The summed E-state index contributed by atoms with van der Waals surface area (Å²) >= 11 is 0. The molecule has 5 heteroatoms. The number of hydrogen-bond acceptors (Lipinski definition) is 3. The number of nitrogens with one attached hydrogen (secondary N) is 1. The predicted octanol–water partition coefficient (Wildman–Crippen LogP) is 0.477.